The molecule has 4 N–H and O–H groups in total. The molecule has 5 nitrogen and oxygen atoms in total. The van der Waals surface area contributed by atoms with Crippen LogP contribution in [0.1, 0.15) is 22.8 Å². The number of hydrazone groups is 1. The second-order valence-corrected chi connectivity index (χ2v) is 4.86. The van der Waals surface area contributed by atoms with Crippen LogP contribution in [0, 0.1) is 0 Å². The summed E-state index contributed by atoms with van der Waals surface area (Å²) in [5, 5.41) is 14.0. The second kappa shape index (κ2) is 6.28. The van der Waals surface area contributed by atoms with Crippen molar-refractivity contribution in [1.82, 2.24) is 5.43 Å². The van der Waals surface area contributed by atoms with Gasteiger partial charge in [-0.25, -0.2) is 5.43 Å². The van der Waals surface area contributed by atoms with Crippen LogP contribution in [-0.2, 0) is 0 Å². The Morgan fingerprint density at radius 1 is 1.29 bits per heavy atom. The Morgan fingerprint density at radius 3 is 2.71 bits per heavy atom. The summed E-state index contributed by atoms with van der Waals surface area (Å²) >= 11 is 5.71. The third kappa shape index (κ3) is 3.73. The first-order valence-corrected chi connectivity index (χ1v) is 6.54. The van der Waals surface area contributed by atoms with Crippen LogP contribution in [0.5, 0.6) is 5.75 Å². The first-order valence-electron chi connectivity index (χ1n) is 6.16. The van der Waals surface area contributed by atoms with Crippen molar-refractivity contribution < 1.29 is 9.90 Å². The number of rotatable bonds is 3. The van der Waals surface area contributed by atoms with E-state index in [1.165, 1.54) is 18.2 Å². The van der Waals surface area contributed by atoms with E-state index in [9.17, 15) is 9.90 Å². The van der Waals surface area contributed by atoms with Crippen molar-refractivity contribution in [3.8, 4) is 5.75 Å². The van der Waals surface area contributed by atoms with Crippen molar-refractivity contribution in [2.45, 2.75) is 6.92 Å². The summed E-state index contributed by atoms with van der Waals surface area (Å²) in [5.41, 5.74) is 10.2. The number of anilines is 1. The smallest absolute Gasteiger partial charge is 0.275 e. The number of phenolic OH excluding ortho intramolecular Hbond substituents is 1. The number of carbonyl (C=O) groups is 1. The summed E-state index contributed by atoms with van der Waals surface area (Å²) in [4.78, 5) is 11.9. The number of amides is 1. The Balaban J connectivity index is 2.14. The van der Waals surface area contributed by atoms with Gasteiger partial charge in [-0.2, -0.15) is 5.10 Å². The first kappa shape index (κ1) is 14.9. The van der Waals surface area contributed by atoms with Crippen molar-refractivity contribution >= 4 is 28.9 Å². The highest BCUT2D eigenvalue weighted by Crippen LogP contribution is 2.21. The molecule has 0 spiro atoms. The minimum absolute atomic E-state index is 0.100. The Labute approximate surface area is 127 Å². The molecule has 0 aliphatic rings. The lowest BCUT2D eigenvalue weighted by Crippen LogP contribution is -2.19. The largest absolute Gasteiger partial charge is 0.507 e. The normalized spacial score (nSPS) is 11.2. The summed E-state index contributed by atoms with van der Waals surface area (Å²) in [5.74, 6) is -0.718. The zero-order chi connectivity index (χ0) is 15.4. The molecule has 1 amide bonds. The monoisotopic (exact) mass is 303 g/mol. The average Bonchev–Trinajstić information content (AvgIpc) is 2.44. The number of nitrogen functional groups attached to an aromatic ring is 1. The maximum atomic E-state index is 11.9. The number of hydrogen-bond acceptors (Lipinski definition) is 4. The van der Waals surface area contributed by atoms with Crippen LogP contribution in [-0.4, -0.2) is 16.7 Å². The van der Waals surface area contributed by atoms with Crippen LogP contribution in [0.4, 0.5) is 5.69 Å². The summed E-state index contributed by atoms with van der Waals surface area (Å²) in [6.07, 6.45) is 0. The highest BCUT2D eigenvalue weighted by atomic mass is 35.5. The Morgan fingerprint density at radius 2 is 2.05 bits per heavy atom. The van der Waals surface area contributed by atoms with Gasteiger partial charge in [0.2, 0.25) is 0 Å². The zero-order valence-corrected chi connectivity index (χ0v) is 12.1. The van der Waals surface area contributed by atoms with Gasteiger partial charge < -0.3 is 10.8 Å². The van der Waals surface area contributed by atoms with E-state index in [0.717, 1.165) is 5.56 Å². The quantitative estimate of drug-likeness (QED) is 0.463. The zero-order valence-electron chi connectivity index (χ0n) is 11.3. The lowest BCUT2D eigenvalue weighted by molar-refractivity contribution is 0.0952. The summed E-state index contributed by atoms with van der Waals surface area (Å²) in [7, 11) is 0. The first-order chi connectivity index (χ1) is 9.97. The lowest BCUT2D eigenvalue weighted by Gasteiger charge is -2.05. The van der Waals surface area contributed by atoms with Gasteiger partial charge in [-0.05, 0) is 42.8 Å². The summed E-state index contributed by atoms with van der Waals surface area (Å²) < 4.78 is 0. The van der Waals surface area contributed by atoms with Crippen LogP contribution >= 0.6 is 11.6 Å². The van der Waals surface area contributed by atoms with Crippen molar-refractivity contribution in [3.05, 3.63) is 58.6 Å². The minimum Gasteiger partial charge on any atom is -0.507 e. The number of phenols is 1. The molecule has 6 heteroatoms. The third-order valence-corrected chi connectivity index (χ3v) is 3.07. The van der Waals surface area contributed by atoms with E-state index in [2.05, 4.69) is 10.5 Å². The van der Waals surface area contributed by atoms with E-state index >= 15 is 0 Å². The molecule has 0 unspecified atom stereocenters. The van der Waals surface area contributed by atoms with Crippen LogP contribution in [0.25, 0.3) is 0 Å². The number of benzene rings is 2. The molecule has 0 radical (unpaired) electrons. The number of nitrogens with one attached hydrogen (secondary N) is 1. The molecule has 0 heterocycles. The standard InChI is InChI=1S/C15H14ClN3O2/c1-9(10-3-2-4-12(17)7-10)18-19-15(21)13-6-5-11(16)8-14(13)20/h2-8,20H,17H2,1H3,(H,19,21). The molecule has 0 fully saturated rings. The van der Waals surface area contributed by atoms with Crippen LogP contribution in [0.15, 0.2) is 47.6 Å². The lowest BCUT2D eigenvalue weighted by atomic mass is 10.1. The van der Waals surface area contributed by atoms with E-state index in [1.807, 2.05) is 6.07 Å². The van der Waals surface area contributed by atoms with E-state index in [-0.39, 0.29) is 11.3 Å². The highest BCUT2D eigenvalue weighted by Gasteiger charge is 2.10. The topological polar surface area (TPSA) is 87.7 Å². The van der Waals surface area contributed by atoms with Gasteiger partial charge >= 0.3 is 0 Å². The van der Waals surface area contributed by atoms with E-state index in [4.69, 9.17) is 17.3 Å². The maximum absolute atomic E-state index is 11.9. The predicted molar refractivity (Wildman–Crippen MR) is 83.6 cm³/mol. The molecule has 0 aliphatic heterocycles. The second-order valence-electron chi connectivity index (χ2n) is 4.43. The van der Waals surface area contributed by atoms with Crippen LogP contribution < -0.4 is 11.2 Å². The number of nitrogens with zero attached hydrogens (tertiary/aromatic N) is 1. The SMILES string of the molecule is CC(=NNC(=O)c1ccc(Cl)cc1O)c1cccc(N)c1. The van der Waals surface area contributed by atoms with Gasteiger partial charge in [-0.15, -0.1) is 0 Å². The Hall–Kier alpha value is -2.53. The van der Waals surface area contributed by atoms with Gasteiger partial charge in [0, 0.05) is 10.7 Å². The van der Waals surface area contributed by atoms with Gasteiger partial charge in [-0.1, -0.05) is 23.7 Å². The van der Waals surface area contributed by atoms with Crippen LogP contribution in [0.2, 0.25) is 5.02 Å². The molecule has 2 aromatic carbocycles. The highest BCUT2D eigenvalue weighted by molar-refractivity contribution is 6.30. The van der Waals surface area contributed by atoms with Crippen LogP contribution in [0.3, 0.4) is 0 Å². The fourth-order valence-corrected chi connectivity index (χ4v) is 1.89. The molecule has 0 aliphatic carbocycles. The number of carbonyl (C=O) groups excluding carboxylic acids is 1. The van der Waals surface area contributed by atoms with Gasteiger partial charge in [0.25, 0.3) is 5.91 Å². The Kier molecular flexibility index (Phi) is 4.45. The number of aromatic hydroxyl groups is 1. The third-order valence-electron chi connectivity index (χ3n) is 2.83. The number of nitrogens with two attached hydrogens (primary N) is 1. The Bertz CT molecular complexity index is 714. The predicted octanol–water partition coefficient (Wildman–Crippen LogP) is 2.78. The molecule has 21 heavy (non-hydrogen) atoms. The number of halogens is 1. The van der Waals surface area contributed by atoms with Gasteiger partial charge in [0.15, 0.2) is 0 Å². The molecule has 2 aromatic rings. The van der Waals surface area contributed by atoms with Crippen molar-refractivity contribution in [1.29, 1.82) is 0 Å². The van der Waals surface area contributed by atoms with E-state index in [0.29, 0.717) is 16.4 Å². The molecule has 0 aromatic heterocycles. The molecule has 0 saturated heterocycles. The molecule has 0 saturated carbocycles. The number of hydrogen-bond donors (Lipinski definition) is 3. The summed E-state index contributed by atoms with van der Waals surface area (Å²) in [6, 6.07) is 11.4. The summed E-state index contributed by atoms with van der Waals surface area (Å²) in [6.45, 7) is 1.75. The van der Waals surface area contributed by atoms with E-state index in [1.54, 1.807) is 25.1 Å². The van der Waals surface area contributed by atoms with Gasteiger partial charge in [-0.3, -0.25) is 4.79 Å². The van der Waals surface area contributed by atoms with Crippen molar-refractivity contribution in [2.24, 2.45) is 5.10 Å². The maximum Gasteiger partial charge on any atom is 0.275 e. The molecular weight excluding hydrogens is 290 g/mol. The molecule has 2 rings (SSSR count). The van der Waals surface area contributed by atoms with E-state index < -0.39 is 5.91 Å². The molecule has 0 bridgehead atoms. The van der Waals surface area contributed by atoms with Gasteiger partial charge in [0.05, 0.1) is 11.3 Å². The molecular formula is C15H14ClN3O2. The van der Waals surface area contributed by atoms with Crippen molar-refractivity contribution in [2.75, 3.05) is 5.73 Å². The average molecular weight is 304 g/mol. The van der Waals surface area contributed by atoms with Crippen molar-refractivity contribution in [3.63, 3.8) is 0 Å². The van der Waals surface area contributed by atoms with Gasteiger partial charge in [0.1, 0.15) is 5.75 Å². The molecule has 108 valence electrons. The fourth-order valence-electron chi connectivity index (χ4n) is 1.72. The minimum atomic E-state index is -0.521. The molecule has 0 atom stereocenters. The fraction of sp³-hybridized carbons (Fsp3) is 0.0667.